The molecule has 2 aromatic carbocycles. The largest absolute Gasteiger partial charge is 0.347 e. The summed E-state index contributed by atoms with van der Waals surface area (Å²) in [5, 5.41) is 3.08. The molecule has 4 nitrogen and oxygen atoms in total. The van der Waals surface area contributed by atoms with Gasteiger partial charge in [-0.15, -0.1) is 0 Å². The highest BCUT2D eigenvalue weighted by Gasteiger charge is 2.47. The smallest absolute Gasteiger partial charge is 0.254 e. The SMILES string of the molecule is Cc1ccc(C(=O)N2C[C@@H]3C[C@H](NC(=O)c4ccccc4)[C@H]2C3)cc1F. The number of halogens is 1. The summed E-state index contributed by atoms with van der Waals surface area (Å²) < 4.78 is 13.8. The highest BCUT2D eigenvalue weighted by Crippen LogP contribution is 2.38. The molecule has 4 rings (SSSR count). The number of carbonyl (C=O) groups is 2. The van der Waals surface area contributed by atoms with Crippen molar-refractivity contribution in [2.45, 2.75) is 31.8 Å². The molecule has 0 spiro atoms. The Balaban J connectivity index is 1.49. The van der Waals surface area contributed by atoms with E-state index in [0.29, 0.717) is 29.2 Å². The molecule has 2 aromatic rings. The van der Waals surface area contributed by atoms with Crippen molar-refractivity contribution in [1.82, 2.24) is 10.2 Å². The summed E-state index contributed by atoms with van der Waals surface area (Å²) in [5.74, 6) is -0.249. The Kier molecular flexibility index (Phi) is 4.23. The van der Waals surface area contributed by atoms with Gasteiger partial charge in [-0.2, -0.15) is 0 Å². The number of benzene rings is 2. The Bertz CT molecular complexity index is 852. The van der Waals surface area contributed by atoms with E-state index >= 15 is 0 Å². The molecule has 1 N–H and O–H groups in total. The van der Waals surface area contributed by atoms with Gasteiger partial charge in [0.25, 0.3) is 11.8 Å². The third-order valence-corrected chi connectivity index (χ3v) is 5.51. The molecule has 26 heavy (non-hydrogen) atoms. The molecule has 2 amide bonds. The van der Waals surface area contributed by atoms with Crippen molar-refractivity contribution in [2.24, 2.45) is 5.92 Å². The number of nitrogens with zero attached hydrogens (tertiary/aromatic N) is 1. The van der Waals surface area contributed by atoms with Gasteiger partial charge in [-0.25, -0.2) is 4.39 Å². The summed E-state index contributed by atoms with van der Waals surface area (Å²) in [6.45, 7) is 2.35. The maximum Gasteiger partial charge on any atom is 0.254 e. The van der Waals surface area contributed by atoms with Crippen LogP contribution in [-0.4, -0.2) is 35.3 Å². The predicted octanol–water partition coefficient (Wildman–Crippen LogP) is 3.17. The lowest BCUT2D eigenvalue weighted by Crippen LogP contribution is -2.52. The molecule has 134 valence electrons. The van der Waals surface area contributed by atoms with Gasteiger partial charge in [0.2, 0.25) is 0 Å². The van der Waals surface area contributed by atoms with E-state index in [1.165, 1.54) is 6.07 Å². The molecule has 0 aromatic heterocycles. The molecule has 5 heteroatoms. The number of aryl methyl sites for hydroxylation is 1. The van der Waals surface area contributed by atoms with Crippen molar-refractivity contribution in [3.8, 4) is 0 Å². The Morgan fingerprint density at radius 3 is 2.54 bits per heavy atom. The zero-order valence-electron chi connectivity index (χ0n) is 14.6. The van der Waals surface area contributed by atoms with Gasteiger partial charge in [0.05, 0.1) is 6.04 Å². The van der Waals surface area contributed by atoms with Crippen molar-refractivity contribution in [1.29, 1.82) is 0 Å². The summed E-state index contributed by atoms with van der Waals surface area (Å²) in [4.78, 5) is 27.1. The number of carbonyl (C=O) groups excluding carboxylic acids is 2. The van der Waals surface area contributed by atoms with E-state index in [-0.39, 0.29) is 29.7 Å². The maximum absolute atomic E-state index is 13.8. The van der Waals surface area contributed by atoms with Crippen LogP contribution in [0.3, 0.4) is 0 Å². The third-order valence-electron chi connectivity index (χ3n) is 5.51. The molecule has 2 bridgehead atoms. The number of hydrogen-bond acceptors (Lipinski definition) is 2. The lowest BCUT2D eigenvalue weighted by Gasteiger charge is -2.34. The molecular formula is C21H21FN2O2. The van der Waals surface area contributed by atoms with Gasteiger partial charge in [-0.05, 0) is 55.5 Å². The molecule has 1 aliphatic heterocycles. The zero-order valence-corrected chi connectivity index (χ0v) is 14.6. The Morgan fingerprint density at radius 2 is 1.85 bits per heavy atom. The Hall–Kier alpha value is -2.69. The van der Waals surface area contributed by atoms with Gasteiger partial charge in [0, 0.05) is 23.7 Å². The molecule has 0 unspecified atom stereocenters. The fourth-order valence-electron chi connectivity index (χ4n) is 4.15. The highest BCUT2D eigenvalue weighted by atomic mass is 19.1. The van der Waals surface area contributed by atoms with Gasteiger partial charge in [-0.1, -0.05) is 24.3 Å². The fraction of sp³-hybridized carbons (Fsp3) is 0.333. The first-order chi connectivity index (χ1) is 12.5. The van der Waals surface area contributed by atoms with Crippen molar-refractivity contribution >= 4 is 11.8 Å². The molecule has 1 heterocycles. The first-order valence-corrected chi connectivity index (χ1v) is 8.96. The van der Waals surface area contributed by atoms with Crippen LogP contribution in [0.25, 0.3) is 0 Å². The third kappa shape index (κ3) is 2.98. The summed E-state index contributed by atoms with van der Waals surface area (Å²) in [6.07, 6.45) is 1.77. The van der Waals surface area contributed by atoms with E-state index in [1.807, 2.05) is 18.2 Å². The standard InChI is InChI=1S/C21H21FN2O2/c1-13-7-8-16(11-17(13)22)21(26)24-12-14-9-18(19(24)10-14)23-20(25)15-5-3-2-4-6-15/h2-8,11,14,18-19H,9-10,12H2,1H3,(H,23,25)/t14-,18+,19-/m1/s1. The summed E-state index contributed by atoms with van der Waals surface area (Å²) in [7, 11) is 0. The number of likely N-dealkylation sites (tertiary alicyclic amines) is 1. The number of rotatable bonds is 3. The lowest BCUT2D eigenvalue weighted by molar-refractivity contribution is 0.0648. The van der Waals surface area contributed by atoms with Crippen LogP contribution in [0, 0.1) is 18.7 Å². The second-order valence-corrected chi connectivity index (χ2v) is 7.27. The van der Waals surface area contributed by atoms with Crippen LogP contribution in [0.1, 0.15) is 39.1 Å². The zero-order chi connectivity index (χ0) is 18.3. The molecule has 2 aliphatic rings. The van der Waals surface area contributed by atoms with E-state index in [9.17, 15) is 14.0 Å². The normalized spacial score (nSPS) is 23.9. The monoisotopic (exact) mass is 352 g/mol. The molecule has 1 saturated heterocycles. The summed E-state index contributed by atoms with van der Waals surface area (Å²) in [5.41, 5.74) is 1.51. The quantitative estimate of drug-likeness (QED) is 0.922. The lowest BCUT2D eigenvalue weighted by atomic mass is 10.0. The molecule has 1 saturated carbocycles. The summed E-state index contributed by atoms with van der Waals surface area (Å²) in [6, 6.07) is 13.6. The second kappa shape index (κ2) is 6.56. The van der Waals surface area contributed by atoms with Crippen molar-refractivity contribution < 1.29 is 14.0 Å². The van der Waals surface area contributed by atoms with Crippen LogP contribution in [0.15, 0.2) is 48.5 Å². The van der Waals surface area contributed by atoms with Crippen LogP contribution in [-0.2, 0) is 0 Å². The highest BCUT2D eigenvalue weighted by molar-refractivity contribution is 5.96. The second-order valence-electron chi connectivity index (χ2n) is 7.27. The van der Waals surface area contributed by atoms with Gasteiger partial charge < -0.3 is 10.2 Å². The first kappa shape index (κ1) is 16.8. The number of nitrogens with one attached hydrogen (secondary N) is 1. The number of amides is 2. The van der Waals surface area contributed by atoms with Gasteiger partial charge in [0.1, 0.15) is 5.82 Å². The van der Waals surface area contributed by atoms with Crippen LogP contribution in [0.4, 0.5) is 4.39 Å². The fourth-order valence-corrected chi connectivity index (χ4v) is 4.15. The van der Waals surface area contributed by atoms with E-state index in [4.69, 9.17) is 0 Å². The molecule has 3 atom stereocenters. The van der Waals surface area contributed by atoms with Crippen LogP contribution in [0.5, 0.6) is 0 Å². The van der Waals surface area contributed by atoms with Crippen LogP contribution in [0.2, 0.25) is 0 Å². The average Bonchev–Trinajstić information content (AvgIpc) is 3.24. The maximum atomic E-state index is 13.8. The van der Waals surface area contributed by atoms with E-state index < -0.39 is 0 Å². The minimum Gasteiger partial charge on any atom is -0.347 e. The summed E-state index contributed by atoms with van der Waals surface area (Å²) >= 11 is 0. The molecule has 2 fully saturated rings. The van der Waals surface area contributed by atoms with Crippen molar-refractivity contribution in [3.05, 3.63) is 71.0 Å². The Morgan fingerprint density at radius 1 is 1.08 bits per heavy atom. The van der Waals surface area contributed by atoms with E-state index in [0.717, 1.165) is 12.8 Å². The van der Waals surface area contributed by atoms with Gasteiger partial charge >= 0.3 is 0 Å². The number of piperidine rings is 1. The van der Waals surface area contributed by atoms with Crippen LogP contribution < -0.4 is 5.32 Å². The van der Waals surface area contributed by atoms with E-state index in [2.05, 4.69) is 5.32 Å². The Labute approximate surface area is 152 Å². The van der Waals surface area contributed by atoms with Gasteiger partial charge in [-0.3, -0.25) is 9.59 Å². The number of hydrogen-bond donors (Lipinski definition) is 1. The average molecular weight is 352 g/mol. The first-order valence-electron chi connectivity index (χ1n) is 8.96. The van der Waals surface area contributed by atoms with Crippen molar-refractivity contribution in [2.75, 3.05) is 6.54 Å². The van der Waals surface area contributed by atoms with Crippen LogP contribution >= 0.6 is 0 Å². The molecule has 1 aliphatic carbocycles. The number of fused-ring (bicyclic) bond motifs is 2. The van der Waals surface area contributed by atoms with E-state index in [1.54, 1.807) is 36.1 Å². The van der Waals surface area contributed by atoms with Gasteiger partial charge in [0.15, 0.2) is 0 Å². The molecular weight excluding hydrogens is 331 g/mol. The topological polar surface area (TPSA) is 49.4 Å². The predicted molar refractivity (Wildman–Crippen MR) is 96.4 cm³/mol. The minimum absolute atomic E-state index is 0.0236. The van der Waals surface area contributed by atoms with Crippen molar-refractivity contribution in [3.63, 3.8) is 0 Å². The molecule has 0 radical (unpaired) electrons. The minimum atomic E-state index is -0.367.